The van der Waals surface area contributed by atoms with E-state index in [1.807, 2.05) is 18.2 Å². The standard InChI is InChI=1S/C21H14ClN7O6/c1-11-5-6-12-3-2-4-16(17(12)25-11)35-21-18(29(33)34)19(23-10-24-21)26-27-20(30)13-7-8-14(22)15(9-13)28(31)32/h2-10H,1H3,(H,27,30)(H,23,24,26). The maximum Gasteiger partial charge on any atom is 0.374 e. The van der Waals surface area contributed by atoms with E-state index < -0.39 is 27.1 Å². The van der Waals surface area contributed by atoms with Gasteiger partial charge in [-0.05, 0) is 31.2 Å². The molecule has 14 heteroatoms. The van der Waals surface area contributed by atoms with Gasteiger partial charge in [-0.1, -0.05) is 29.8 Å². The van der Waals surface area contributed by atoms with E-state index in [0.29, 0.717) is 5.52 Å². The second-order valence-corrected chi connectivity index (χ2v) is 7.43. The van der Waals surface area contributed by atoms with E-state index in [4.69, 9.17) is 16.3 Å². The van der Waals surface area contributed by atoms with Crippen molar-refractivity contribution < 1.29 is 19.4 Å². The number of hydrazine groups is 1. The number of nitro benzene ring substituents is 1. The van der Waals surface area contributed by atoms with Crippen molar-refractivity contribution in [2.24, 2.45) is 0 Å². The minimum absolute atomic E-state index is 0.112. The highest BCUT2D eigenvalue weighted by atomic mass is 35.5. The number of amides is 1. The topological polar surface area (TPSA) is 175 Å². The first-order chi connectivity index (χ1) is 16.7. The summed E-state index contributed by atoms with van der Waals surface area (Å²) in [5.74, 6) is -1.36. The normalized spacial score (nSPS) is 10.6. The lowest BCUT2D eigenvalue weighted by molar-refractivity contribution is -0.385. The van der Waals surface area contributed by atoms with Gasteiger partial charge in [-0.15, -0.1) is 0 Å². The number of nitrogens with one attached hydrogen (secondary N) is 2. The summed E-state index contributed by atoms with van der Waals surface area (Å²) in [6, 6.07) is 12.2. The van der Waals surface area contributed by atoms with Gasteiger partial charge in [0.05, 0.1) is 9.85 Å². The molecule has 0 saturated carbocycles. The van der Waals surface area contributed by atoms with E-state index in [2.05, 4.69) is 25.8 Å². The summed E-state index contributed by atoms with van der Waals surface area (Å²) in [7, 11) is 0. The van der Waals surface area contributed by atoms with Gasteiger partial charge in [0.1, 0.15) is 16.9 Å². The number of nitro groups is 2. The minimum Gasteiger partial charge on any atom is -0.431 e. The van der Waals surface area contributed by atoms with Crippen molar-refractivity contribution in [1.29, 1.82) is 0 Å². The van der Waals surface area contributed by atoms with Gasteiger partial charge < -0.3 is 4.74 Å². The number of pyridine rings is 1. The molecule has 0 radical (unpaired) electrons. The Morgan fingerprint density at radius 3 is 2.60 bits per heavy atom. The number of anilines is 1. The number of carbonyl (C=O) groups is 1. The summed E-state index contributed by atoms with van der Waals surface area (Å²) < 4.78 is 5.73. The molecule has 0 bridgehead atoms. The molecule has 0 aliphatic heterocycles. The predicted molar refractivity (Wildman–Crippen MR) is 124 cm³/mol. The Hall–Kier alpha value is -4.91. The molecule has 0 saturated heterocycles. The van der Waals surface area contributed by atoms with Gasteiger partial charge >= 0.3 is 11.6 Å². The fourth-order valence-electron chi connectivity index (χ4n) is 3.08. The number of benzene rings is 2. The number of fused-ring (bicyclic) bond motifs is 1. The lowest BCUT2D eigenvalue weighted by atomic mass is 10.2. The third kappa shape index (κ3) is 4.89. The number of nitrogens with zero attached hydrogens (tertiary/aromatic N) is 5. The number of halogens is 1. The maximum absolute atomic E-state index is 12.4. The Morgan fingerprint density at radius 1 is 1.06 bits per heavy atom. The lowest BCUT2D eigenvalue weighted by Gasteiger charge is -2.11. The number of carbonyl (C=O) groups excluding carboxylic acids is 1. The Labute approximate surface area is 201 Å². The smallest absolute Gasteiger partial charge is 0.374 e. The molecule has 2 aromatic carbocycles. The average Bonchev–Trinajstić information content (AvgIpc) is 2.83. The van der Waals surface area contributed by atoms with Crippen LogP contribution in [0.4, 0.5) is 17.2 Å². The van der Waals surface area contributed by atoms with Gasteiger partial charge in [-0.2, -0.15) is 4.98 Å². The van der Waals surface area contributed by atoms with Crippen LogP contribution in [-0.4, -0.2) is 30.7 Å². The summed E-state index contributed by atoms with van der Waals surface area (Å²) in [5, 5.41) is 23.5. The SMILES string of the molecule is Cc1ccc2cccc(Oc3ncnc(NNC(=O)c4ccc(Cl)c([N+](=O)[O-])c4)c3[N+](=O)[O-])c2n1. The van der Waals surface area contributed by atoms with E-state index in [9.17, 15) is 25.0 Å². The number of rotatable bonds is 7. The molecule has 0 unspecified atom stereocenters. The summed E-state index contributed by atoms with van der Waals surface area (Å²) in [6.45, 7) is 1.80. The van der Waals surface area contributed by atoms with E-state index in [-0.39, 0.29) is 28.0 Å². The fraction of sp³-hybridized carbons (Fsp3) is 0.0476. The number of aromatic nitrogens is 3. The highest BCUT2D eigenvalue weighted by Gasteiger charge is 2.26. The van der Waals surface area contributed by atoms with Gasteiger partial charge in [0.25, 0.3) is 11.6 Å². The van der Waals surface area contributed by atoms with Crippen LogP contribution in [0, 0.1) is 27.2 Å². The van der Waals surface area contributed by atoms with Crippen LogP contribution >= 0.6 is 11.6 Å². The Kier molecular flexibility index (Phi) is 6.33. The number of aryl methyl sites for hydroxylation is 1. The molecule has 13 nitrogen and oxygen atoms in total. The van der Waals surface area contributed by atoms with Crippen LogP contribution in [0.2, 0.25) is 5.02 Å². The Bertz CT molecular complexity index is 1500. The van der Waals surface area contributed by atoms with Gasteiger partial charge in [0.15, 0.2) is 5.75 Å². The summed E-state index contributed by atoms with van der Waals surface area (Å²) in [6.07, 6.45) is 1.01. The first-order valence-corrected chi connectivity index (χ1v) is 10.2. The summed E-state index contributed by atoms with van der Waals surface area (Å²) in [5.41, 5.74) is 4.51. The molecule has 2 N–H and O–H groups in total. The summed E-state index contributed by atoms with van der Waals surface area (Å²) >= 11 is 5.75. The largest absolute Gasteiger partial charge is 0.431 e. The molecule has 0 spiro atoms. The number of hydrogen-bond acceptors (Lipinski definition) is 10. The molecular formula is C21H14ClN7O6. The van der Waals surface area contributed by atoms with E-state index in [1.165, 1.54) is 12.1 Å². The van der Waals surface area contributed by atoms with Crippen molar-refractivity contribution in [2.45, 2.75) is 6.92 Å². The maximum atomic E-state index is 12.4. The zero-order valence-corrected chi connectivity index (χ0v) is 18.5. The van der Waals surface area contributed by atoms with Crippen molar-refractivity contribution in [3.8, 4) is 11.6 Å². The molecule has 2 aromatic heterocycles. The highest BCUT2D eigenvalue weighted by molar-refractivity contribution is 6.32. The van der Waals surface area contributed by atoms with Crippen molar-refractivity contribution >= 4 is 45.6 Å². The minimum atomic E-state index is -0.825. The Balaban J connectivity index is 1.62. The fourth-order valence-corrected chi connectivity index (χ4v) is 3.27. The molecule has 0 atom stereocenters. The van der Waals surface area contributed by atoms with Gasteiger partial charge in [0, 0.05) is 22.7 Å². The molecule has 35 heavy (non-hydrogen) atoms. The van der Waals surface area contributed by atoms with Gasteiger partial charge in [-0.25, -0.2) is 9.97 Å². The van der Waals surface area contributed by atoms with Crippen molar-refractivity contribution in [2.75, 3.05) is 5.43 Å². The Morgan fingerprint density at radius 2 is 1.86 bits per heavy atom. The molecular weight excluding hydrogens is 482 g/mol. The molecule has 4 aromatic rings. The number of ether oxygens (including phenoxy) is 1. The van der Waals surface area contributed by atoms with Crippen LogP contribution in [0.1, 0.15) is 16.1 Å². The van der Waals surface area contributed by atoms with Gasteiger partial charge in [-0.3, -0.25) is 35.9 Å². The van der Waals surface area contributed by atoms with E-state index >= 15 is 0 Å². The lowest BCUT2D eigenvalue weighted by Crippen LogP contribution is -2.30. The molecule has 4 rings (SSSR count). The van der Waals surface area contributed by atoms with Crippen LogP contribution in [-0.2, 0) is 0 Å². The molecule has 0 aliphatic rings. The highest BCUT2D eigenvalue weighted by Crippen LogP contribution is 2.36. The van der Waals surface area contributed by atoms with E-state index in [1.54, 1.807) is 19.1 Å². The van der Waals surface area contributed by atoms with Crippen LogP contribution < -0.4 is 15.6 Å². The second-order valence-electron chi connectivity index (χ2n) is 7.02. The predicted octanol–water partition coefficient (Wildman–Crippen LogP) is 4.35. The van der Waals surface area contributed by atoms with Crippen molar-refractivity contribution in [1.82, 2.24) is 20.4 Å². The average molecular weight is 496 g/mol. The molecule has 1 amide bonds. The van der Waals surface area contributed by atoms with Crippen LogP contribution in [0.15, 0.2) is 54.9 Å². The number of hydrogen-bond donors (Lipinski definition) is 2. The molecule has 2 heterocycles. The summed E-state index contributed by atoms with van der Waals surface area (Å²) in [4.78, 5) is 45.9. The molecule has 0 aliphatic carbocycles. The monoisotopic (exact) mass is 495 g/mol. The third-order valence-corrected chi connectivity index (χ3v) is 5.02. The van der Waals surface area contributed by atoms with Crippen molar-refractivity contribution in [3.05, 3.63) is 91.4 Å². The first-order valence-electron chi connectivity index (χ1n) is 9.78. The zero-order chi connectivity index (χ0) is 25.1. The van der Waals surface area contributed by atoms with Gasteiger partial charge in [0.2, 0.25) is 5.82 Å². The number of para-hydroxylation sites is 1. The molecule has 176 valence electrons. The second kappa shape index (κ2) is 9.52. The van der Waals surface area contributed by atoms with Crippen molar-refractivity contribution in [3.63, 3.8) is 0 Å². The van der Waals surface area contributed by atoms with Crippen LogP contribution in [0.5, 0.6) is 11.6 Å². The molecule has 0 fully saturated rings. The van der Waals surface area contributed by atoms with E-state index in [0.717, 1.165) is 23.5 Å². The zero-order valence-electron chi connectivity index (χ0n) is 17.8. The van der Waals surface area contributed by atoms with Crippen LogP contribution in [0.3, 0.4) is 0 Å². The third-order valence-electron chi connectivity index (χ3n) is 4.70. The quantitative estimate of drug-likeness (QED) is 0.277. The van der Waals surface area contributed by atoms with Crippen LogP contribution in [0.25, 0.3) is 10.9 Å². The first kappa shape index (κ1) is 23.3.